The van der Waals surface area contributed by atoms with Gasteiger partial charge in [0, 0.05) is 59.3 Å². The Hall–Kier alpha value is -5.41. The lowest BCUT2D eigenvalue weighted by molar-refractivity contribution is -0.407. The molecule has 1 fully saturated rings. The number of carbonyl (C=O) groups excluding carboxylic acids is 2. The highest BCUT2D eigenvalue weighted by Gasteiger charge is 2.89. The van der Waals surface area contributed by atoms with Crippen LogP contribution in [0.1, 0.15) is 66.7 Å². The molecule has 0 saturated carbocycles. The first-order valence-electron chi connectivity index (χ1n) is 19.9. The summed E-state index contributed by atoms with van der Waals surface area (Å²) in [4.78, 5) is 39.4. The number of alkyl halides is 12. The summed E-state index contributed by atoms with van der Waals surface area (Å²) in [5.74, 6) is -42.1. The van der Waals surface area contributed by atoms with Crippen molar-refractivity contribution in [1.29, 1.82) is 0 Å². The molecule has 1 amide bonds. The van der Waals surface area contributed by atoms with E-state index in [0.29, 0.717) is 79.9 Å². The van der Waals surface area contributed by atoms with Crippen LogP contribution < -0.4 is 10.6 Å². The van der Waals surface area contributed by atoms with Crippen molar-refractivity contribution in [2.75, 3.05) is 19.8 Å². The lowest BCUT2D eigenvalue weighted by Gasteiger charge is -2.38. The summed E-state index contributed by atoms with van der Waals surface area (Å²) in [7, 11) is 0. The molecule has 0 radical (unpaired) electrons. The Morgan fingerprint density at radius 2 is 1.48 bits per heavy atom. The van der Waals surface area contributed by atoms with Gasteiger partial charge in [-0.3, -0.25) is 9.59 Å². The lowest BCUT2D eigenvalue weighted by Crippen LogP contribution is -2.70. The molecule has 8 bridgehead atoms. The van der Waals surface area contributed by atoms with Gasteiger partial charge in [0.2, 0.25) is 0 Å². The minimum atomic E-state index is -7.85. The molecule has 10 nitrogen and oxygen atoms in total. The number of aliphatic hydroxyl groups is 2. The number of fused-ring (bicyclic) bond motifs is 5. The third-order valence-corrected chi connectivity index (χ3v) is 12.0. The number of aliphatic imine (C=N–C) groups is 3. The second-order valence-electron chi connectivity index (χ2n) is 15.8. The molecule has 6 aliphatic rings. The van der Waals surface area contributed by atoms with E-state index in [9.17, 15) is 72.5 Å². The minimum Gasteiger partial charge on any atom is -0.511 e. The predicted octanol–water partition coefficient (Wildman–Crippen LogP) is 8.92. The molecule has 0 aromatic rings. The van der Waals surface area contributed by atoms with Crippen molar-refractivity contribution in [3.8, 4) is 0 Å². The van der Waals surface area contributed by atoms with Gasteiger partial charge < -0.3 is 25.6 Å². The van der Waals surface area contributed by atoms with Gasteiger partial charge in [-0.2, -0.15) is 43.9 Å². The van der Waals surface area contributed by atoms with Gasteiger partial charge >= 0.3 is 42.0 Å². The topological polar surface area (TPSA) is 145 Å². The fraction of sp³-hybridized carbons (Fsp3) is 0.500. The Kier molecular flexibility index (Phi) is 12.7. The summed E-state index contributed by atoms with van der Waals surface area (Å²) in [6.45, 7) is 7.38. The van der Waals surface area contributed by atoms with Gasteiger partial charge in [0.1, 0.15) is 5.76 Å². The molecule has 1 saturated heterocycles. The van der Waals surface area contributed by atoms with Crippen molar-refractivity contribution in [1.82, 2.24) is 10.6 Å². The van der Waals surface area contributed by atoms with Crippen LogP contribution in [0.4, 0.5) is 52.7 Å². The van der Waals surface area contributed by atoms with Crippen molar-refractivity contribution in [3.05, 3.63) is 91.5 Å². The van der Waals surface area contributed by atoms with Crippen LogP contribution >= 0.6 is 0 Å². The molecule has 6 rings (SSSR count). The van der Waals surface area contributed by atoms with Gasteiger partial charge in [0.05, 0.1) is 47.4 Å². The highest BCUT2D eigenvalue weighted by molar-refractivity contribution is 6.21. The Bertz CT molecular complexity index is 2420. The first-order chi connectivity index (χ1) is 29.7. The van der Waals surface area contributed by atoms with Gasteiger partial charge in [0.15, 0.2) is 0 Å². The number of hydrogen-bond acceptors (Lipinski definition) is 9. The number of carbonyl (C=O) groups is 2. The number of hydrogen-bond donors (Lipinski definition) is 4. The summed E-state index contributed by atoms with van der Waals surface area (Å²) in [6, 6.07) is 0. The third kappa shape index (κ3) is 7.61. The highest BCUT2D eigenvalue weighted by atomic mass is 19.4. The molecule has 64 heavy (non-hydrogen) atoms. The van der Waals surface area contributed by atoms with E-state index >= 15 is 0 Å². The van der Waals surface area contributed by atoms with Gasteiger partial charge in [0.25, 0.3) is 5.91 Å². The molecular formula is C42H41F12N5O5. The van der Waals surface area contributed by atoms with Gasteiger partial charge in [-0.1, -0.05) is 13.8 Å². The van der Waals surface area contributed by atoms with Gasteiger partial charge in [-0.25, -0.2) is 23.8 Å². The summed E-state index contributed by atoms with van der Waals surface area (Å²) < 4.78 is 167. The lowest BCUT2D eigenvalue weighted by atomic mass is 9.86. The van der Waals surface area contributed by atoms with Crippen molar-refractivity contribution in [2.24, 2.45) is 26.8 Å². The summed E-state index contributed by atoms with van der Waals surface area (Å²) in [5.41, 5.74) is 9.96. The van der Waals surface area contributed by atoms with Gasteiger partial charge in [-0.15, -0.1) is 0 Å². The summed E-state index contributed by atoms with van der Waals surface area (Å²) in [5, 5.41) is 26.2. The van der Waals surface area contributed by atoms with E-state index in [1.165, 1.54) is 0 Å². The van der Waals surface area contributed by atoms with Crippen molar-refractivity contribution < 1.29 is 77.2 Å². The molecule has 2 atom stereocenters. The predicted molar refractivity (Wildman–Crippen MR) is 208 cm³/mol. The van der Waals surface area contributed by atoms with Crippen LogP contribution in [0.15, 0.2) is 106 Å². The van der Waals surface area contributed by atoms with E-state index in [1.807, 2.05) is 52.8 Å². The van der Waals surface area contributed by atoms with Crippen LogP contribution in [-0.4, -0.2) is 95.0 Å². The van der Waals surface area contributed by atoms with Crippen LogP contribution in [0.5, 0.6) is 0 Å². The zero-order chi connectivity index (χ0) is 47.6. The number of nitrogens with one attached hydrogen (secondary N) is 2. The SMILES string of the molecule is CCC1=C(C)C2=NC1=CC1=C(C)C3=C(O)CC(=C4NC(=CC5=NC(=C2)C(CO)=C5C)[C@@H](C)[C@@H]4CCC(=O)OCCCNC(=O)C(F)(F)C(F)(F)C(F)(F)C(F)(F)C(F)(F)C(F)F)C3=N1. The van der Waals surface area contributed by atoms with Crippen LogP contribution in [0.25, 0.3) is 0 Å². The average Bonchev–Trinajstić information content (AvgIpc) is 3.98. The van der Waals surface area contributed by atoms with E-state index < -0.39 is 73.4 Å². The number of allylic oxidation sites excluding steroid dienone is 11. The third-order valence-electron chi connectivity index (χ3n) is 12.0. The largest absolute Gasteiger partial charge is 0.511 e. The van der Waals surface area contributed by atoms with Gasteiger partial charge in [-0.05, 0) is 80.6 Å². The molecule has 0 aromatic heterocycles. The van der Waals surface area contributed by atoms with Crippen LogP contribution in [-0.2, 0) is 14.3 Å². The summed E-state index contributed by atoms with van der Waals surface area (Å²) in [6.07, 6.45) is -0.253. The van der Waals surface area contributed by atoms with Crippen LogP contribution in [0.2, 0.25) is 0 Å². The number of nitrogens with zero attached hydrogens (tertiary/aromatic N) is 3. The van der Waals surface area contributed by atoms with Crippen LogP contribution in [0, 0.1) is 11.8 Å². The number of rotatable bonds is 15. The molecule has 0 unspecified atom stereocenters. The Morgan fingerprint density at radius 3 is 2.09 bits per heavy atom. The molecule has 348 valence electrons. The van der Waals surface area contributed by atoms with E-state index in [1.54, 1.807) is 0 Å². The quantitative estimate of drug-likeness (QED) is 0.0734. The standard InChI is InChI=1S/C42H41F12N5O5/c1-6-21-17(2)26-14-30-24(16-60)19(4)25(57-30)13-27-18(3)22(34(58-27)23-12-31(61)33-20(5)28(59-35(23)33)15-29(21)56-26)8-9-32(62)64-11-7-10-55-37(63)39(47,48)41(51,52)42(53,54)40(49,50)38(45,46)36(43)44/h13-15,18,22,36,58,60-61H,6-12,16H2,1-5H3,(H,55,63)/t18-,22-/m0/s1. The first-order valence-corrected chi connectivity index (χ1v) is 19.9. The normalized spacial score (nSPS) is 21.7. The number of halogens is 12. The molecule has 0 aromatic carbocycles. The second-order valence-corrected chi connectivity index (χ2v) is 15.8. The maximum absolute atomic E-state index is 14.2. The zero-order valence-electron chi connectivity index (χ0n) is 34.6. The first kappa shape index (κ1) is 48.1. The molecule has 4 N–H and O–H groups in total. The minimum absolute atomic E-state index is 0.0731. The molecule has 1 aliphatic carbocycles. The monoisotopic (exact) mass is 923 g/mol. The van der Waals surface area contributed by atoms with Crippen molar-refractivity contribution in [3.63, 3.8) is 0 Å². The average molecular weight is 924 g/mol. The smallest absolute Gasteiger partial charge is 0.392 e. The van der Waals surface area contributed by atoms with E-state index in [0.717, 1.165) is 16.5 Å². The fourth-order valence-electron chi connectivity index (χ4n) is 8.16. The molecule has 0 spiro atoms. The number of ether oxygens (including phenoxy) is 1. The maximum atomic E-state index is 14.2. The number of amides is 1. The van der Waals surface area contributed by atoms with Crippen LogP contribution in [0.3, 0.4) is 0 Å². The molecule has 5 aliphatic heterocycles. The summed E-state index contributed by atoms with van der Waals surface area (Å²) >= 11 is 0. The second kappa shape index (κ2) is 16.9. The fourth-order valence-corrected chi connectivity index (χ4v) is 8.16. The Morgan fingerprint density at radius 1 is 0.875 bits per heavy atom. The highest BCUT2D eigenvalue weighted by Crippen LogP contribution is 2.58. The zero-order valence-corrected chi connectivity index (χ0v) is 34.6. The van der Waals surface area contributed by atoms with E-state index in [-0.39, 0.29) is 37.5 Å². The van der Waals surface area contributed by atoms with E-state index in [2.05, 4.69) is 5.32 Å². The van der Waals surface area contributed by atoms with Crippen molar-refractivity contribution in [2.45, 2.75) is 103 Å². The Labute approximate surface area is 357 Å². The molecule has 5 heterocycles. The maximum Gasteiger partial charge on any atom is 0.392 e. The number of esters is 1. The molecular weight excluding hydrogens is 882 g/mol. The van der Waals surface area contributed by atoms with E-state index in [4.69, 9.17) is 19.7 Å². The Balaban J connectivity index is 1.18. The van der Waals surface area contributed by atoms with Crippen molar-refractivity contribution >= 4 is 29.0 Å². The number of aliphatic hydroxyl groups excluding tert-OH is 2. The molecule has 22 heteroatoms.